The molecule has 2 N–H and O–H groups in total. The summed E-state index contributed by atoms with van der Waals surface area (Å²) in [5.74, 6) is 0.338. The van der Waals surface area contributed by atoms with E-state index in [1.54, 1.807) is 11.3 Å². The summed E-state index contributed by atoms with van der Waals surface area (Å²) in [5.41, 5.74) is 8.59. The molecule has 3 atom stereocenters. The molecule has 1 unspecified atom stereocenters. The first-order valence-electron chi connectivity index (χ1n) is 7.28. The van der Waals surface area contributed by atoms with Crippen LogP contribution in [0.1, 0.15) is 29.9 Å². The number of rotatable bonds is 3. The van der Waals surface area contributed by atoms with Gasteiger partial charge < -0.3 is 10.6 Å². The van der Waals surface area contributed by atoms with E-state index in [-0.39, 0.29) is 36.2 Å². The smallest absolute Gasteiger partial charge is 0.229 e. The fourth-order valence-electron chi connectivity index (χ4n) is 3.00. The van der Waals surface area contributed by atoms with Gasteiger partial charge in [-0.2, -0.15) is 11.3 Å². The van der Waals surface area contributed by atoms with Crippen LogP contribution in [0.15, 0.2) is 47.2 Å². The van der Waals surface area contributed by atoms with Crippen molar-refractivity contribution in [2.75, 3.05) is 13.1 Å². The summed E-state index contributed by atoms with van der Waals surface area (Å²) in [4.78, 5) is 14.6. The highest BCUT2D eigenvalue weighted by Gasteiger charge is 2.35. The number of carbonyl (C=O) groups excluding carboxylic acids is 1. The van der Waals surface area contributed by atoms with Crippen molar-refractivity contribution < 1.29 is 4.79 Å². The minimum absolute atomic E-state index is 0. The second kappa shape index (κ2) is 7.27. The van der Waals surface area contributed by atoms with Crippen molar-refractivity contribution >= 4 is 29.7 Å². The number of hydrogen-bond acceptors (Lipinski definition) is 3. The molecule has 0 bridgehead atoms. The van der Waals surface area contributed by atoms with Crippen LogP contribution >= 0.6 is 23.7 Å². The Bertz CT molecular complexity index is 602. The summed E-state index contributed by atoms with van der Waals surface area (Å²) in [6.07, 6.45) is 0. The molecule has 0 spiro atoms. The van der Waals surface area contributed by atoms with Crippen LogP contribution in [-0.2, 0) is 4.79 Å². The molecule has 1 fully saturated rings. The molecule has 1 aromatic carbocycles. The Morgan fingerprint density at radius 3 is 2.64 bits per heavy atom. The van der Waals surface area contributed by atoms with E-state index in [9.17, 15) is 4.79 Å². The highest BCUT2D eigenvalue weighted by molar-refractivity contribution is 7.08. The van der Waals surface area contributed by atoms with E-state index in [0.717, 1.165) is 12.1 Å². The van der Waals surface area contributed by atoms with Crippen LogP contribution in [-0.4, -0.2) is 29.9 Å². The van der Waals surface area contributed by atoms with Crippen molar-refractivity contribution in [3.8, 4) is 0 Å². The Labute approximate surface area is 141 Å². The molecule has 22 heavy (non-hydrogen) atoms. The fourth-order valence-corrected chi connectivity index (χ4v) is 3.75. The summed E-state index contributed by atoms with van der Waals surface area (Å²) < 4.78 is 0. The Morgan fingerprint density at radius 1 is 1.27 bits per heavy atom. The van der Waals surface area contributed by atoms with Crippen molar-refractivity contribution in [1.82, 2.24) is 4.90 Å². The number of nitrogens with two attached hydrogens (primary N) is 1. The van der Waals surface area contributed by atoms with E-state index in [4.69, 9.17) is 5.73 Å². The number of amides is 1. The molecule has 1 aromatic heterocycles. The first-order chi connectivity index (χ1) is 10.2. The molecular formula is C17H21ClN2OS. The van der Waals surface area contributed by atoms with Crippen LogP contribution < -0.4 is 5.73 Å². The lowest BCUT2D eigenvalue weighted by molar-refractivity contribution is -0.131. The zero-order chi connectivity index (χ0) is 14.8. The molecule has 3 rings (SSSR count). The molecule has 2 heterocycles. The largest absolute Gasteiger partial charge is 0.340 e. The van der Waals surface area contributed by atoms with Gasteiger partial charge >= 0.3 is 0 Å². The second-order valence-corrected chi connectivity index (χ2v) is 6.48. The molecule has 0 radical (unpaired) electrons. The average molecular weight is 337 g/mol. The van der Waals surface area contributed by atoms with Gasteiger partial charge in [-0.25, -0.2) is 0 Å². The van der Waals surface area contributed by atoms with Gasteiger partial charge in [-0.1, -0.05) is 30.3 Å². The number of benzene rings is 1. The maximum Gasteiger partial charge on any atom is 0.229 e. The van der Waals surface area contributed by atoms with E-state index < -0.39 is 0 Å². The SMILES string of the molecule is CC(C(=O)N1C[C@@H](N)[C@H](c2ccccc2)C1)c1ccsc1.Cl. The van der Waals surface area contributed by atoms with Crippen LogP contribution in [0, 0.1) is 0 Å². The molecule has 1 amide bonds. The minimum Gasteiger partial charge on any atom is -0.340 e. The number of thiophene rings is 1. The molecule has 0 saturated carbocycles. The lowest BCUT2D eigenvalue weighted by Crippen LogP contribution is -2.34. The van der Waals surface area contributed by atoms with Crippen LogP contribution in [0.2, 0.25) is 0 Å². The molecule has 2 aromatic rings. The van der Waals surface area contributed by atoms with E-state index in [2.05, 4.69) is 12.1 Å². The van der Waals surface area contributed by atoms with E-state index in [1.165, 1.54) is 5.56 Å². The first kappa shape index (κ1) is 17.0. The number of likely N-dealkylation sites (tertiary alicyclic amines) is 1. The van der Waals surface area contributed by atoms with Gasteiger partial charge in [0.25, 0.3) is 0 Å². The van der Waals surface area contributed by atoms with Gasteiger partial charge in [-0.3, -0.25) is 4.79 Å². The Kier molecular flexibility index (Phi) is 5.62. The van der Waals surface area contributed by atoms with Gasteiger partial charge in [0.1, 0.15) is 0 Å². The molecule has 3 nitrogen and oxygen atoms in total. The lowest BCUT2D eigenvalue weighted by Gasteiger charge is -2.20. The molecule has 118 valence electrons. The van der Waals surface area contributed by atoms with Crippen LogP contribution in [0.25, 0.3) is 0 Å². The number of nitrogens with zero attached hydrogens (tertiary/aromatic N) is 1. The predicted octanol–water partition coefficient (Wildman–Crippen LogP) is 3.23. The molecular weight excluding hydrogens is 316 g/mol. The van der Waals surface area contributed by atoms with E-state index in [1.807, 2.05) is 46.8 Å². The van der Waals surface area contributed by atoms with Crippen molar-refractivity contribution in [1.29, 1.82) is 0 Å². The summed E-state index contributed by atoms with van der Waals surface area (Å²) in [5, 5.41) is 4.06. The van der Waals surface area contributed by atoms with Gasteiger partial charge in [-0.15, -0.1) is 12.4 Å². The monoisotopic (exact) mass is 336 g/mol. The zero-order valence-corrected chi connectivity index (χ0v) is 14.1. The summed E-state index contributed by atoms with van der Waals surface area (Å²) in [6.45, 7) is 3.34. The normalized spacial score (nSPS) is 22.2. The van der Waals surface area contributed by atoms with Crippen LogP contribution in [0.5, 0.6) is 0 Å². The third-order valence-corrected chi connectivity index (χ3v) is 5.02. The molecule has 1 aliphatic heterocycles. The highest BCUT2D eigenvalue weighted by atomic mass is 35.5. The topological polar surface area (TPSA) is 46.3 Å². The standard InChI is InChI=1S/C17H20N2OS.ClH/c1-12(14-7-8-21-11-14)17(20)19-9-15(16(18)10-19)13-5-3-2-4-6-13;/h2-8,11-12,15-16H,9-10,18H2,1H3;1H/t12?,15-,16+;/m0./s1. The van der Waals surface area contributed by atoms with Crippen LogP contribution in [0.3, 0.4) is 0 Å². The summed E-state index contributed by atoms with van der Waals surface area (Å²) in [7, 11) is 0. The minimum atomic E-state index is -0.0852. The maximum atomic E-state index is 12.6. The number of hydrogen-bond donors (Lipinski definition) is 1. The van der Waals surface area contributed by atoms with E-state index in [0.29, 0.717) is 6.54 Å². The number of halogens is 1. The lowest BCUT2D eigenvalue weighted by atomic mass is 9.95. The van der Waals surface area contributed by atoms with Crippen molar-refractivity contribution in [2.24, 2.45) is 5.73 Å². The maximum absolute atomic E-state index is 12.6. The van der Waals surface area contributed by atoms with E-state index >= 15 is 0 Å². The third-order valence-electron chi connectivity index (χ3n) is 4.32. The second-order valence-electron chi connectivity index (χ2n) is 5.70. The van der Waals surface area contributed by atoms with Crippen molar-refractivity contribution in [3.05, 3.63) is 58.3 Å². The van der Waals surface area contributed by atoms with Crippen molar-refractivity contribution in [3.63, 3.8) is 0 Å². The Balaban J connectivity index is 0.00000176. The summed E-state index contributed by atoms with van der Waals surface area (Å²) >= 11 is 1.63. The molecule has 1 aliphatic rings. The van der Waals surface area contributed by atoms with Gasteiger partial charge in [0, 0.05) is 25.0 Å². The molecule has 1 saturated heterocycles. The van der Waals surface area contributed by atoms with Gasteiger partial charge in [0.2, 0.25) is 5.91 Å². The fraction of sp³-hybridized carbons (Fsp3) is 0.353. The third kappa shape index (κ3) is 3.35. The summed E-state index contributed by atoms with van der Waals surface area (Å²) in [6, 6.07) is 12.3. The number of carbonyl (C=O) groups is 1. The van der Waals surface area contributed by atoms with Gasteiger partial charge in [-0.05, 0) is 34.9 Å². The molecule has 0 aliphatic carbocycles. The van der Waals surface area contributed by atoms with Crippen molar-refractivity contribution in [2.45, 2.75) is 24.8 Å². The molecule has 5 heteroatoms. The Hall–Kier alpha value is -1.36. The highest BCUT2D eigenvalue weighted by Crippen LogP contribution is 2.29. The quantitative estimate of drug-likeness (QED) is 0.935. The first-order valence-corrected chi connectivity index (χ1v) is 8.22. The van der Waals surface area contributed by atoms with Gasteiger partial charge in [0.05, 0.1) is 5.92 Å². The van der Waals surface area contributed by atoms with Gasteiger partial charge in [0.15, 0.2) is 0 Å². The average Bonchev–Trinajstić information content (AvgIpc) is 3.16. The Morgan fingerprint density at radius 2 is 2.00 bits per heavy atom. The zero-order valence-electron chi connectivity index (χ0n) is 12.5. The van der Waals surface area contributed by atoms with Crippen LogP contribution in [0.4, 0.5) is 0 Å². The predicted molar refractivity (Wildman–Crippen MR) is 93.7 cm³/mol.